The largest absolute Gasteiger partial charge is 0.389 e. The van der Waals surface area contributed by atoms with Gasteiger partial charge in [0.2, 0.25) is 0 Å². The predicted molar refractivity (Wildman–Crippen MR) is 107 cm³/mol. The van der Waals surface area contributed by atoms with E-state index in [1.54, 1.807) is 0 Å². The van der Waals surface area contributed by atoms with Gasteiger partial charge in [-0.25, -0.2) is 0 Å². The average molecular weight is 368 g/mol. The van der Waals surface area contributed by atoms with Gasteiger partial charge in [0.05, 0.1) is 5.60 Å². The number of benzene rings is 2. The van der Waals surface area contributed by atoms with E-state index < -0.39 is 5.60 Å². The van der Waals surface area contributed by atoms with Crippen molar-refractivity contribution in [3.63, 3.8) is 0 Å². The molecule has 1 aliphatic heterocycles. The minimum absolute atomic E-state index is 0.467. The lowest BCUT2D eigenvalue weighted by molar-refractivity contribution is 0.0621. The van der Waals surface area contributed by atoms with Gasteiger partial charge in [-0.15, -0.1) is 0 Å². The molecule has 0 radical (unpaired) electrons. The second-order valence-electron chi connectivity index (χ2n) is 8.70. The summed E-state index contributed by atoms with van der Waals surface area (Å²) in [7, 11) is 0. The zero-order valence-electron chi connectivity index (χ0n) is 15.3. The fraction of sp³-hybridized carbons (Fsp3) is 0.478. The van der Waals surface area contributed by atoms with E-state index in [2.05, 4.69) is 41.3 Å². The van der Waals surface area contributed by atoms with Crippen LogP contribution in [0.15, 0.2) is 36.4 Å². The van der Waals surface area contributed by atoms with E-state index >= 15 is 0 Å². The standard InChI is InChI=1S/C23H26ClNO/c1-23(26)10-11-25(14-23)22-9-6-18-12-16(5-8-20(18)22)17-4-7-19(15-2-3-15)21(24)13-17/h4-5,7-8,12-13,15,22,26H,2-3,6,9-11,14H2,1H3. The van der Waals surface area contributed by atoms with E-state index in [1.807, 2.05) is 6.92 Å². The van der Waals surface area contributed by atoms with Crippen molar-refractivity contribution in [3.8, 4) is 11.1 Å². The summed E-state index contributed by atoms with van der Waals surface area (Å²) >= 11 is 6.54. The fourth-order valence-corrected chi connectivity index (χ4v) is 5.17. The van der Waals surface area contributed by atoms with Crippen LogP contribution >= 0.6 is 11.6 Å². The van der Waals surface area contributed by atoms with Crippen LogP contribution in [-0.4, -0.2) is 28.7 Å². The Morgan fingerprint density at radius 3 is 2.42 bits per heavy atom. The number of aliphatic hydroxyl groups is 1. The number of hydrogen-bond acceptors (Lipinski definition) is 2. The van der Waals surface area contributed by atoms with Gasteiger partial charge in [0, 0.05) is 24.2 Å². The molecule has 1 N–H and O–H groups in total. The van der Waals surface area contributed by atoms with Crippen LogP contribution in [0, 0.1) is 0 Å². The quantitative estimate of drug-likeness (QED) is 0.792. The Morgan fingerprint density at radius 1 is 1.04 bits per heavy atom. The lowest BCUT2D eigenvalue weighted by Crippen LogP contribution is -2.31. The highest BCUT2D eigenvalue weighted by atomic mass is 35.5. The molecule has 26 heavy (non-hydrogen) atoms. The molecule has 3 aliphatic rings. The molecule has 0 bridgehead atoms. The van der Waals surface area contributed by atoms with Gasteiger partial charge in [0.1, 0.15) is 0 Å². The van der Waals surface area contributed by atoms with Crippen LogP contribution < -0.4 is 0 Å². The first-order chi connectivity index (χ1) is 12.5. The molecule has 0 amide bonds. The van der Waals surface area contributed by atoms with E-state index in [0.29, 0.717) is 12.0 Å². The minimum Gasteiger partial charge on any atom is -0.389 e. The third kappa shape index (κ3) is 2.98. The molecule has 2 aromatic rings. The number of hydrogen-bond donors (Lipinski definition) is 1. The molecule has 2 aromatic carbocycles. The van der Waals surface area contributed by atoms with Gasteiger partial charge in [-0.1, -0.05) is 41.9 Å². The maximum Gasteiger partial charge on any atom is 0.0758 e. The van der Waals surface area contributed by atoms with Crippen molar-refractivity contribution < 1.29 is 5.11 Å². The van der Waals surface area contributed by atoms with Crippen LogP contribution in [0.4, 0.5) is 0 Å². The van der Waals surface area contributed by atoms with Gasteiger partial charge in [-0.2, -0.15) is 0 Å². The normalized spacial score (nSPS) is 28.5. The molecule has 2 atom stereocenters. The van der Waals surface area contributed by atoms with E-state index in [-0.39, 0.29) is 0 Å². The minimum atomic E-state index is -0.525. The van der Waals surface area contributed by atoms with Crippen LogP contribution in [0.2, 0.25) is 5.02 Å². The highest BCUT2D eigenvalue weighted by molar-refractivity contribution is 6.31. The topological polar surface area (TPSA) is 23.5 Å². The van der Waals surface area contributed by atoms with E-state index in [1.165, 1.54) is 40.7 Å². The van der Waals surface area contributed by atoms with Crippen LogP contribution in [0.1, 0.15) is 61.3 Å². The second-order valence-corrected chi connectivity index (χ2v) is 9.10. The SMILES string of the molecule is CC1(O)CCN(C2CCc3cc(-c4ccc(C5CC5)c(Cl)c4)ccc32)C1. The van der Waals surface area contributed by atoms with Gasteiger partial charge in [-0.3, -0.25) is 4.90 Å². The number of fused-ring (bicyclic) bond motifs is 1. The summed E-state index contributed by atoms with van der Waals surface area (Å²) in [4.78, 5) is 2.47. The fourth-order valence-electron chi connectivity index (χ4n) is 4.83. The molecular weight excluding hydrogens is 342 g/mol. The van der Waals surface area contributed by atoms with Gasteiger partial charge in [0.25, 0.3) is 0 Å². The van der Waals surface area contributed by atoms with Crippen LogP contribution in [-0.2, 0) is 6.42 Å². The summed E-state index contributed by atoms with van der Waals surface area (Å²) < 4.78 is 0. The molecule has 5 rings (SSSR count). The molecule has 2 aliphatic carbocycles. The molecule has 3 heteroatoms. The van der Waals surface area contributed by atoms with Crippen molar-refractivity contribution in [3.05, 3.63) is 58.1 Å². The molecule has 2 fully saturated rings. The maximum absolute atomic E-state index is 10.3. The smallest absolute Gasteiger partial charge is 0.0758 e. The summed E-state index contributed by atoms with van der Waals surface area (Å²) in [5, 5.41) is 11.2. The average Bonchev–Trinajstić information content (AvgIpc) is 3.27. The summed E-state index contributed by atoms with van der Waals surface area (Å²) in [5.41, 5.74) is 6.19. The molecule has 0 spiro atoms. The molecular formula is C23H26ClNO. The summed E-state index contributed by atoms with van der Waals surface area (Å²) in [5.74, 6) is 0.690. The van der Waals surface area contributed by atoms with Gasteiger partial charge >= 0.3 is 0 Å². The summed E-state index contributed by atoms with van der Waals surface area (Å²) in [6.45, 7) is 3.75. The van der Waals surface area contributed by atoms with Crippen LogP contribution in [0.5, 0.6) is 0 Å². The molecule has 2 unspecified atom stereocenters. The van der Waals surface area contributed by atoms with Crippen molar-refractivity contribution in [2.45, 2.75) is 56.6 Å². The lowest BCUT2D eigenvalue weighted by atomic mass is 9.98. The molecule has 1 saturated carbocycles. The molecule has 136 valence electrons. The molecule has 0 aromatic heterocycles. The Labute approximate surface area is 160 Å². The van der Waals surface area contributed by atoms with E-state index in [4.69, 9.17) is 11.6 Å². The van der Waals surface area contributed by atoms with Crippen molar-refractivity contribution in [2.75, 3.05) is 13.1 Å². The number of halogens is 1. The monoisotopic (exact) mass is 367 g/mol. The van der Waals surface area contributed by atoms with Crippen molar-refractivity contribution in [1.82, 2.24) is 4.90 Å². The molecule has 1 saturated heterocycles. The molecule has 2 nitrogen and oxygen atoms in total. The maximum atomic E-state index is 10.3. The van der Waals surface area contributed by atoms with Crippen molar-refractivity contribution in [2.24, 2.45) is 0 Å². The predicted octanol–water partition coefficient (Wildman–Crippen LogP) is 5.33. The van der Waals surface area contributed by atoms with Crippen molar-refractivity contribution in [1.29, 1.82) is 0 Å². The van der Waals surface area contributed by atoms with Gasteiger partial charge in [-0.05, 0) is 78.8 Å². The lowest BCUT2D eigenvalue weighted by Gasteiger charge is -2.26. The second kappa shape index (κ2) is 6.09. The zero-order valence-corrected chi connectivity index (χ0v) is 16.1. The Balaban J connectivity index is 1.41. The summed E-state index contributed by atoms with van der Waals surface area (Å²) in [6.07, 6.45) is 5.73. The first-order valence-electron chi connectivity index (χ1n) is 9.89. The first-order valence-corrected chi connectivity index (χ1v) is 10.3. The number of aryl methyl sites for hydroxylation is 1. The van der Waals surface area contributed by atoms with Gasteiger partial charge in [0.15, 0.2) is 0 Å². The summed E-state index contributed by atoms with van der Waals surface area (Å²) in [6, 6.07) is 14.0. The van der Waals surface area contributed by atoms with Crippen LogP contribution in [0.25, 0.3) is 11.1 Å². The van der Waals surface area contributed by atoms with Crippen LogP contribution in [0.3, 0.4) is 0 Å². The zero-order chi connectivity index (χ0) is 17.9. The molecule has 1 heterocycles. The van der Waals surface area contributed by atoms with E-state index in [9.17, 15) is 5.11 Å². The Kier molecular flexibility index (Phi) is 3.93. The number of likely N-dealkylation sites (tertiary alicyclic amines) is 1. The van der Waals surface area contributed by atoms with E-state index in [0.717, 1.165) is 37.4 Å². The number of β-amino-alcohol motifs (C(OH)–C–C–N with tert-alkyl or cyclic N) is 1. The highest BCUT2D eigenvalue weighted by Crippen LogP contribution is 2.45. The Hall–Kier alpha value is -1.35. The third-order valence-electron chi connectivity index (χ3n) is 6.46. The Bertz CT molecular complexity index is 855. The van der Waals surface area contributed by atoms with Gasteiger partial charge < -0.3 is 5.11 Å². The number of nitrogens with zero attached hydrogens (tertiary/aromatic N) is 1. The first kappa shape index (κ1) is 16.8. The third-order valence-corrected chi connectivity index (χ3v) is 6.79. The Morgan fingerprint density at radius 2 is 1.77 bits per heavy atom. The highest BCUT2D eigenvalue weighted by Gasteiger charge is 2.37. The van der Waals surface area contributed by atoms with Crippen molar-refractivity contribution >= 4 is 11.6 Å². The number of rotatable bonds is 3.